The molecule has 126 valence electrons. The molecule has 0 spiro atoms. The van der Waals surface area contributed by atoms with Crippen molar-refractivity contribution in [1.82, 2.24) is 15.1 Å². The zero-order valence-corrected chi connectivity index (χ0v) is 13.1. The molecule has 8 heteroatoms. The van der Waals surface area contributed by atoms with Crippen LogP contribution < -0.4 is 5.32 Å². The summed E-state index contributed by atoms with van der Waals surface area (Å²) in [7, 11) is 0. The highest BCUT2D eigenvalue weighted by Crippen LogP contribution is 2.49. The molecule has 2 rings (SSSR count). The van der Waals surface area contributed by atoms with E-state index >= 15 is 0 Å². The van der Waals surface area contributed by atoms with E-state index in [-0.39, 0.29) is 31.8 Å². The first-order chi connectivity index (χ1) is 9.96. The maximum atomic E-state index is 12.8. The van der Waals surface area contributed by atoms with Gasteiger partial charge in [-0.25, -0.2) is 4.79 Å². The molecule has 0 atom stereocenters. The average Bonchev–Trinajstić information content (AvgIpc) is 3.17. The van der Waals surface area contributed by atoms with E-state index in [1.54, 1.807) is 4.90 Å². The summed E-state index contributed by atoms with van der Waals surface area (Å²) in [5.74, 6) is -0.0125. The Hall–Kier alpha value is -1.47. The number of nitrogens with zero attached hydrogens (tertiary/aromatic N) is 2. The Balaban J connectivity index is 1.87. The molecular formula is C14H22F3N3O2. The highest BCUT2D eigenvalue weighted by atomic mass is 19.4. The summed E-state index contributed by atoms with van der Waals surface area (Å²) < 4.78 is 38.5. The van der Waals surface area contributed by atoms with E-state index in [2.05, 4.69) is 5.32 Å². The number of carbonyl (C=O) groups excluding carboxylic acids is 2. The van der Waals surface area contributed by atoms with Crippen molar-refractivity contribution in [3.8, 4) is 0 Å². The lowest BCUT2D eigenvalue weighted by Crippen LogP contribution is -2.58. The summed E-state index contributed by atoms with van der Waals surface area (Å²) in [4.78, 5) is 27.1. The SMILES string of the molecule is CC(C)(C)C(=O)N1CCN(C(=O)NC2(C(F)(F)F)CC2)CC1. The van der Waals surface area contributed by atoms with Crippen LogP contribution in [0.4, 0.5) is 18.0 Å². The minimum Gasteiger partial charge on any atom is -0.339 e. The summed E-state index contributed by atoms with van der Waals surface area (Å²) in [5.41, 5.74) is -2.54. The van der Waals surface area contributed by atoms with Gasteiger partial charge in [0.25, 0.3) is 0 Å². The molecule has 3 amide bonds. The fourth-order valence-electron chi connectivity index (χ4n) is 2.48. The molecule has 1 aliphatic heterocycles. The van der Waals surface area contributed by atoms with Crippen molar-refractivity contribution >= 4 is 11.9 Å². The Morgan fingerprint density at radius 3 is 1.77 bits per heavy atom. The van der Waals surface area contributed by atoms with Crippen LogP contribution >= 0.6 is 0 Å². The molecule has 1 heterocycles. The van der Waals surface area contributed by atoms with Gasteiger partial charge >= 0.3 is 12.2 Å². The molecule has 22 heavy (non-hydrogen) atoms. The standard InChI is InChI=1S/C14H22F3N3O2/c1-12(2,3)10(21)19-6-8-20(9-7-19)11(22)18-13(4-5-13)14(15,16)17/h4-9H2,1-3H3,(H,18,22). The third-order valence-corrected chi connectivity index (χ3v) is 4.13. The van der Waals surface area contributed by atoms with E-state index in [0.717, 1.165) is 0 Å². The quantitative estimate of drug-likeness (QED) is 0.803. The highest BCUT2D eigenvalue weighted by molar-refractivity contribution is 5.82. The first-order valence-corrected chi connectivity index (χ1v) is 7.39. The molecule has 0 unspecified atom stereocenters. The lowest BCUT2D eigenvalue weighted by atomic mass is 9.94. The Kier molecular flexibility index (Phi) is 4.08. The van der Waals surface area contributed by atoms with Gasteiger partial charge in [-0.1, -0.05) is 20.8 Å². The van der Waals surface area contributed by atoms with Crippen LogP contribution in [-0.2, 0) is 4.79 Å². The number of piperazine rings is 1. The number of alkyl halides is 3. The van der Waals surface area contributed by atoms with Crippen molar-refractivity contribution in [1.29, 1.82) is 0 Å². The zero-order valence-electron chi connectivity index (χ0n) is 13.1. The van der Waals surface area contributed by atoms with Crippen LogP contribution in [0, 0.1) is 5.41 Å². The van der Waals surface area contributed by atoms with Crippen LogP contribution in [0.1, 0.15) is 33.6 Å². The Morgan fingerprint density at radius 1 is 0.955 bits per heavy atom. The van der Waals surface area contributed by atoms with Gasteiger partial charge in [-0.2, -0.15) is 13.2 Å². The van der Waals surface area contributed by atoms with Gasteiger partial charge in [0.05, 0.1) is 0 Å². The summed E-state index contributed by atoms with van der Waals surface area (Å²) in [6.07, 6.45) is -4.54. The summed E-state index contributed by atoms with van der Waals surface area (Å²) in [6.45, 7) is 6.64. The normalized spacial score (nSPS) is 21.5. The van der Waals surface area contributed by atoms with Gasteiger partial charge in [-0.15, -0.1) is 0 Å². The molecule has 0 bridgehead atoms. The van der Waals surface area contributed by atoms with Gasteiger partial charge in [0.15, 0.2) is 0 Å². The second-order valence-electron chi connectivity index (χ2n) is 7.04. The molecule has 1 saturated heterocycles. The van der Waals surface area contributed by atoms with Gasteiger partial charge in [-0.05, 0) is 12.8 Å². The number of rotatable bonds is 1. The van der Waals surface area contributed by atoms with E-state index in [1.807, 2.05) is 20.8 Å². The largest absolute Gasteiger partial charge is 0.411 e. The molecule has 0 aromatic carbocycles. The van der Waals surface area contributed by atoms with Crippen LogP contribution in [0.15, 0.2) is 0 Å². The highest BCUT2D eigenvalue weighted by Gasteiger charge is 2.64. The monoisotopic (exact) mass is 321 g/mol. The zero-order chi connectivity index (χ0) is 16.8. The number of hydrogen-bond acceptors (Lipinski definition) is 2. The van der Waals surface area contributed by atoms with Crippen LogP contribution in [0.5, 0.6) is 0 Å². The predicted molar refractivity (Wildman–Crippen MR) is 74.2 cm³/mol. The molecule has 0 radical (unpaired) electrons. The minimum atomic E-state index is -4.41. The van der Waals surface area contributed by atoms with Crippen molar-refractivity contribution in [2.75, 3.05) is 26.2 Å². The molecule has 2 aliphatic rings. The number of urea groups is 1. The van der Waals surface area contributed by atoms with Crippen molar-refractivity contribution in [3.63, 3.8) is 0 Å². The maximum absolute atomic E-state index is 12.8. The Labute approximate surface area is 127 Å². The average molecular weight is 321 g/mol. The minimum absolute atomic E-state index is 0.0125. The molecule has 0 aromatic rings. The van der Waals surface area contributed by atoms with Crippen LogP contribution in [0.2, 0.25) is 0 Å². The number of halogens is 3. The lowest BCUT2D eigenvalue weighted by molar-refractivity contribution is -0.163. The smallest absolute Gasteiger partial charge is 0.339 e. The van der Waals surface area contributed by atoms with Crippen LogP contribution in [-0.4, -0.2) is 59.6 Å². The number of carbonyl (C=O) groups is 2. The van der Waals surface area contributed by atoms with E-state index < -0.39 is 23.2 Å². The number of amides is 3. The van der Waals surface area contributed by atoms with Gasteiger partial charge < -0.3 is 15.1 Å². The summed E-state index contributed by atoms with van der Waals surface area (Å²) in [5, 5.41) is 2.11. The van der Waals surface area contributed by atoms with Gasteiger partial charge in [0.2, 0.25) is 5.91 Å². The molecule has 2 fully saturated rings. The molecule has 1 aliphatic carbocycles. The van der Waals surface area contributed by atoms with Gasteiger partial charge in [0.1, 0.15) is 5.54 Å². The second kappa shape index (κ2) is 5.31. The lowest BCUT2D eigenvalue weighted by Gasteiger charge is -2.38. The van der Waals surface area contributed by atoms with E-state index in [4.69, 9.17) is 0 Å². The Morgan fingerprint density at radius 2 is 1.41 bits per heavy atom. The molecule has 1 N–H and O–H groups in total. The van der Waals surface area contributed by atoms with E-state index in [9.17, 15) is 22.8 Å². The summed E-state index contributed by atoms with van der Waals surface area (Å²) >= 11 is 0. The molecular weight excluding hydrogens is 299 g/mol. The molecule has 5 nitrogen and oxygen atoms in total. The molecule has 1 saturated carbocycles. The topological polar surface area (TPSA) is 52.7 Å². The van der Waals surface area contributed by atoms with Gasteiger partial charge in [0, 0.05) is 31.6 Å². The van der Waals surface area contributed by atoms with Crippen LogP contribution in [0.25, 0.3) is 0 Å². The first-order valence-electron chi connectivity index (χ1n) is 7.39. The van der Waals surface area contributed by atoms with E-state index in [1.165, 1.54) is 4.90 Å². The summed E-state index contributed by atoms with van der Waals surface area (Å²) in [6, 6.07) is -0.697. The molecule has 0 aromatic heterocycles. The second-order valence-corrected chi connectivity index (χ2v) is 7.04. The van der Waals surface area contributed by atoms with Crippen molar-refractivity contribution in [3.05, 3.63) is 0 Å². The maximum Gasteiger partial charge on any atom is 0.411 e. The fourth-order valence-corrected chi connectivity index (χ4v) is 2.48. The number of nitrogens with one attached hydrogen (secondary N) is 1. The van der Waals surface area contributed by atoms with Crippen LogP contribution in [0.3, 0.4) is 0 Å². The predicted octanol–water partition coefficient (Wildman–Crippen LogP) is 1.98. The van der Waals surface area contributed by atoms with Gasteiger partial charge in [-0.3, -0.25) is 4.79 Å². The first kappa shape index (κ1) is 16.9. The van der Waals surface area contributed by atoms with Crippen molar-refractivity contribution in [2.24, 2.45) is 5.41 Å². The third kappa shape index (κ3) is 3.30. The number of hydrogen-bond donors (Lipinski definition) is 1. The van der Waals surface area contributed by atoms with E-state index in [0.29, 0.717) is 13.1 Å². The Bertz CT molecular complexity index is 459. The van der Waals surface area contributed by atoms with Crippen molar-refractivity contribution < 1.29 is 22.8 Å². The third-order valence-electron chi connectivity index (χ3n) is 4.13. The fraction of sp³-hybridized carbons (Fsp3) is 0.857. The van der Waals surface area contributed by atoms with Crippen molar-refractivity contribution in [2.45, 2.75) is 45.3 Å².